The van der Waals surface area contributed by atoms with Crippen LogP contribution in [0.3, 0.4) is 0 Å². The molecule has 3 N–H and O–H groups in total. The molecular formula is C30H24FN5O4. The first-order valence-corrected chi connectivity index (χ1v) is 13.0. The Hall–Kier alpha value is -4.99. The van der Waals surface area contributed by atoms with E-state index in [2.05, 4.69) is 22.3 Å². The van der Waals surface area contributed by atoms with Gasteiger partial charge >= 0.3 is 5.76 Å². The van der Waals surface area contributed by atoms with Crippen molar-refractivity contribution in [1.82, 2.24) is 19.5 Å². The van der Waals surface area contributed by atoms with Crippen molar-refractivity contribution >= 4 is 22.7 Å². The number of aromatic nitrogens is 4. The number of carbonyl (C=O) groups is 1. The lowest BCUT2D eigenvalue weighted by Crippen LogP contribution is -2.11. The Morgan fingerprint density at radius 2 is 1.98 bits per heavy atom. The number of hydrogen-bond donors (Lipinski definition) is 2. The second-order valence-corrected chi connectivity index (χ2v) is 10.3. The van der Waals surface area contributed by atoms with Crippen molar-refractivity contribution in [3.63, 3.8) is 0 Å². The number of rotatable bonds is 5. The molecule has 1 amide bonds. The second kappa shape index (κ2) is 9.04. The second-order valence-electron chi connectivity index (χ2n) is 10.3. The van der Waals surface area contributed by atoms with Gasteiger partial charge in [-0.05, 0) is 66.3 Å². The lowest BCUT2D eigenvalue weighted by molar-refractivity contribution is 0.1000. The van der Waals surface area contributed by atoms with Gasteiger partial charge in [0.25, 0.3) is 0 Å². The molecule has 0 atom stereocenters. The molecule has 4 heterocycles. The number of H-pyrrole nitrogens is 1. The Kier molecular flexibility index (Phi) is 5.44. The van der Waals surface area contributed by atoms with Gasteiger partial charge in [0.05, 0.1) is 11.4 Å². The van der Waals surface area contributed by atoms with Gasteiger partial charge in [0.1, 0.15) is 23.8 Å². The molecule has 1 aliphatic heterocycles. The molecule has 0 spiro atoms. The molecule has 1 aliphatic carbocycles. The topological polar surface area (TPSA) is 129 Å². The number of primary amides is 1. The van der Waals surface area contributed by atoms with E-state index >= 15 is 0 Å². The summed E-state index contributed by atoms with van der Waals surface area (Å²) in [5.74, 6) is -0.444. The fraction of sp³-hybridized carbons (Fsp3) is 0.200. The number of aromatic amines is 1. The average molecular weight is 538 g/mol. The van der Waals surface area contributed by atoms with Crippen molar-refractivity contribution in [2.75, 3.05) is 0 Å². The summed E-state index contributed by atoms with van der Waals surface area (Å²) in [5, 5.41) is 3.88. The van der Waals surface area contributed by atoms with Crippen LogP contribution in [0.1, 0.15) is 75.5 Å². The number of allylic oxidation sites excluding steroid dienone is 1. The third kappa shape index (κ3) is 4.08. The van der Waals surface area contributed by atoms with E-state index < -0.39 is 17.5 Å². The molecule has 9 nitrogen and oxygen atoms in total. The third-order valence-electron chi connectivity index (χ3n) is 7.58. The maximum atomic E-state index is 14.2. The molecule has 0 saturated heterocycles. The van der Waals surface area contributed by atoms with Gasteiger partial charge in [-0.1, -0.05) is 23.4 Å². The molecule has 10 heteroatoms. The van der Waals surface area contributed by atoms with Gasteiger partial charge in [-0.2, -0.15) is 0 Å². The number of benzene rings is 2. The largest absolute Gasteiger partial charge is 0.488 e. The first-order valence-electron chi connectivity index (χ1n) is 13.0. The van der Waals surface area contributed by atoms with Crippen LogP contribution in [-0.2, 0) is 13.0 Å². The Balaban J connectivity index is 1.34. The average Bonchev–Trinajstić information content (AvgIpc) is 3.63. The predicted octanol–water partition coefficient (Wildman–Crippen LogP) is 4.59. The molecule has 2 aliphatic rings. The number of carbonyl (C=O) groups excluding carboxylic acids is 1. The van der Waals surface area contributed by atoms with Crippen molar-refractivity contribution in [2.24, 2.45) is 5.73 Å². The van der Waals surface area contributed by atoms with Gasteiger partial charge in [0.15, 0.2) is 5.82 Å². The highest BCUT2D eigenvalue weighted by Gasteiger charge is 2.30. The van der Waals surface area contributed by atoms with Crippen LogP contribution in [0.2, 0.25) is 0 Å². The van der Waals surface area contributed by atoms with Crippen molar-refractivity contribution in [3.05, 3.63) is 116 Å². The summed E-state index contributed by atoms with van der Waals surface area (Å²) in [6, 6.07) is 14.0. The van der Waals surface area contributed by atoms with Gasteiger partial charge in [-0.25, -0.2) is 14.2 Å². The fourth-order valence-electron chi connectivity index (χ4n) is 5.48. The molecule has 40 heavy (non-hydrogen) atoms. The molecule has 1 fully saturated rings. The number of nitrogens with zero attached hydrogens (tertiary/aromatic N) is 3. The molecule has 5 aromatic rings. The van der Waals surface area contributed by atoms with Crippen molar-refractivity contribution < 1.29 is 18.4 Å². The van der Waals surface area contributed by atoms with Crippen LogP contribution in [0.15, 0.2) is 64.0 Å². The number of pyridine rings is 1. The maximum absolute atomic E-state index is 14.2. The zero-order chi connectivity index (χ0) is 27.5. The van der Waals surface area contributed by atoms with Crippen molar-refractivity contribution in [3.8, 4) is 5.75 Å². The number of amides is 1. The highest BCUT2D eigenvalue weighted by Crippen LogP contribution is 2.43. The van der Waals surface area contributed by atoms with Crippen LogP contribution in [0.4, 0.5) is 4.39 Å². The van der Waals surface area contributed by atoms with E-state index in [0.717, 1.165) is 46.5 Å². The molecule has 1 saturated carbocycles. The minimum Gasteiger partial charge on any atom is -0.488 e. The number of ether oxygens (including phenoxy) is 1. The predicted molar refractivity (Wildman–Crippen MR) is 144 cm³/mol. The van der Waals surface area contributed by atoms with E-state index in [9.17, 15) is 14.0 Å². The standard InChI is InChI=1S/C30H24FN5O4/c1-15(29-34-30(38)40-35-29)26-21-6-2-16(10-19(21)14-39-24-13-20(31)5-7-22(24)26)11-23-27(17-3-4-17)33-25-12-18(28(32)37)8-9-36(23)25/h2,5-10,12-13,17H,3-4,11,14H2,1H3,(H2,32,37)(H,34,35,38)/b26-15+. The van der Waals surface area contributed by atoms with E-state index in [-0.39, 0.29) is 6.61 Å². The number of nitrogens with one attached hydrogen (secondary N) is 1. The number of nitrogens with two attached hydrogens (primary N) is 1. The molecule has 7 rings (SSSR count). The normalized spacial score (nSPS) is 15.8. The van der Waals surface area contributed by atoms with Gasteiger partial charge in [-0.15, -0.1) is 0 Å². The summed E-state index contributed by atoms with van der Waals surface area (Å²) < 4.78 is 27.1. The molecular weight excluding hydrogens is 513 g/mol. The third-order valence-corrected chi connectivity index (χ3v) is 7.58. The summed E-state index contributed by atoms with van der Waals surface area (Å²) in [6.45, 7) is 2.07. The van der Waals surface area contributed by atoms with Crippen molar-refractivity contribution in [1.29, 1.82) is 0 Å². The van der Waals surface area contributed by atoms with E-state index in [0.29, 0.717) is 46.3 Å². The van der Waals surface area contributed by atoms with E-state index in [1.54, 1.807) is 18.2 Å². The highest BCUT2D eigenvalue weighted by atomic mass is 19.1. The molecule has 0 bridgehead atoms. The molecule has 2 aromatic carbocycles. The zero-order valence-corrected chi connectivity index (χ0v) is 21.5. The SMILES string of the molecule is C/C(=C1/c2ccc(Cc3c(C4CC4)nc4cc(C(N)=O)ccn34)cc2COc2cc(F)ccc21)c1noc(=O)[nH]1. The maximum Gasteiger partial charge on any atom is 0.439 e. The Morgan fingerprint density at radius 3 is 2.73 bits per heavy atom. The number of fused-ring (bicyclic) bond motifs is 3. The summed E-state index contributed by atoms with van der Waals surface area (Å²) in [6.07, 6.45) is 4.64. The van der Waals surface area contributed by atoms with Gasteiger partial charge < -0.3 is 14.9 Å². The summed E-state index contributed by atoms with van der Waals surface area (Å²) in [7, 11) is 0. The van der Waals surface area contributed by atoms with E-state index in [1.807, 2.05) is 23.6 Å². The quantitative estimate of drug-likeness (QED) is 0.338. The molecule has 200 valence electrons. The lowest BCUT2D eigenvalue weighted by atomic mass is 9.89. The minimum atomic E-state index is -0.655. The van der Waals surface area contributed by atoms with Crippen LogP contribution < -0.4 is 16.2 Å². The van der Waals surface area contributed by atoms with E-state index in [1.165, 1.54) is 12.1 Å². The lowest BCUT2D eigenvalue weighted by Gasteiger charge is -2.14. The van der Waals surface area contributed by atoms with Crippen LogP contribution in [-0.4, -0.2) is 25.4 Å². The Labute approximate surface area is 227 Å². The summed E-state index contributed by atoms with van der Waals surface area (Å²) >= 11 is 0. The van der Waals surface area contributed by atoms with Crippen LogP contribution in [0.25, 0.3) is 16.8 Å². The van der Waals surface area contributed by atoms with Crippen LogP contribution in [0, 0.1) is 5.82 Å². The first kappa shape index (κ1) is 24.1. The molecule has 0 radical (unpaired) electrons. The fourth-order valence-corrected chi connectivity index (χ4v) is 5.48. The van der Waals surface area contributed by atoms with Gasteiger partial charge in [0.2, 0.25) is 5.91 Å². The number of imidazole rings is 1. The highest BCUT2D eigenvalue weighted by molar-refractivity contribution is 5.99. The molecule has 3 aromatic heterocycles. The van der Waals surface area contributed by atoms with Gasteiger partial charge in [0, 0.05) is 41.3 Å². The smallest absolute Gasteiger partial charge is 0.439 e. The summed E-state index contributed by atoms with van der Waals surface area (Å²) in [4.78, 5) is 30.9. The Bertz CT molecular complexity index is 1930. The number of hydrogen-bond acceptors (Lipinski definition) is 6. The van der Waals surface area contributed by atoms with Crippen LogP contribution in [0.5, 0.6) is 5.75 Å². The minimum absolute atomic E-state index is 0.232. The Morgan fingerprint density at radius 1 is 1.15 bits per heavy atom. The van der Waals surface area contributed by atoms with Crippen LogP contribution >= 0.6 is 0 Å². The molecule has 0 unspecified atom stereocenters. The monoisotopic (exact) mass is 537 g/mol. The zero-order valence-electron chi connectivity index (χ0n) is 21.5. The van der Waals surface area contributed by atoms with Gasteiger partial charge in [-0.3, -0.25) is 14.3 Å². The number of halogens is 1. The van der Waals surface area contributed by atoms with E-state index in [4.69, 9.17) is 20.0 Å². The first-order chi connectivity index (χ1) is 19.4. The summed E-state index contributed by atoms with van der Waals surface area (Å²) in [5.41, 5.74) is 13.7. The van der Waals surface area contributed by atoms with Crippen molar-refractivity contribution in [2.45, 2.75) is 38.7 Å².